The Kier molecular flexibility index (Phi) is 1.24. The summed E-state index contributed by atoms with van der Waals surface area (Å²) in [6.45, 7) is 5.26. The van der Waals surface area contributed by atoms with E-state index in [4.69, 9.17) is 0 Å². The minimum atomic E-state index is -0.294. The molecule has 0 aromatic heterocycles. The van der Waals surface area contributed by atoms with Crippen molar-refractivity contribution < 1.29 is 9.53 Å². The van der Waals surface area contributed by atoms with E-state index in [0.717, 1.165) is 0 Å². The fourth-order valence-electron chi connectivity index (χ4n) is 0.630. The summed E-state index contributed by atoms with van der Waals surface area (Å²) in [6, 6.07) is 0. The zero-order valence-electron chi connectivity index (χ0n) is 4.68. The monoisotopic (exact) mass is 111 g/mol. The van der Waals surface area contributed by atoms with E-state index < -0.39 is 0 Å². The summed E-state index contributed by atoms with van der Waals surface area (Å²) >= 11 is 0. The topological polar surface area (TPSA) is 26.3 Å². The maximum absolute atomic E-state index is 10.4. The first kappa shape index (κ1) is 5.60. The van der Waals surface area contributed by atoms with Gasteiger partial charge in [0.25, 0.3) is 0 Å². The van der Waals surface area contributed by atoms with Crippen LogP contribution in [0.4, 0.5) is 0 Å². The Morgan fingerprint density at radius 1 is 1.88 bits per heavy atom. The minimum absolute atomic E-state index is 0.0741. The largest absolute Gasteiger partial charge is 0.462 e. The molecule has 1 aliphatic heterocycles. The van der Waals surface area contributed by atoms with Gasteiger partial charge in [-0.2, -0.15) is 0 Å². The molecule has 43 valence electrons. The van der Waals surface area contributed by atoms with Gasteiger partial charge in [0.15, 0.2) is 0 Å². The average molecular weight is 111 g/mol. The number of rotatable bonds is 0. The van der Waals surface area contributed by atoms with E-state index in [1.54, 1.807) is 13.3 Å². The number of cyclic esters (lactones) is 1. The summed E-state index contributed by atoms with van der Waals surface area (Å²) in [5.41, 5.74) is 0. The van der Waals surface area contributed by atoms with Gasteiger partial charge in [0.2, 0.25) is 0 Å². The van der Waals surface area contributed by atoms with Crippen molar-refractivity contribution in [3.63, 3.8) is 0 Å². The second kappa shape index (κ2) is 1.77. The smallest absolute Gasteiger partial charge is 0.313 e. The van der Waals surface area contributed by atoms with Crippen LogP contribution in [-0.2, 0) is 9.53 Å². The summed E-state index contributed by atoms with van der Waals surface area (Å²) in [7, 11) is 0. The number of esters is 1. The molecular formula is C6H7O2. The minimum Gasteiger partial charge on any atom is -0.462 e. The van der Waals surface area contributed by atoms with Crippen molar-refractivity contribution in [2.24, 2.45) is 0 Å². The first-order chi connectivity index (χ1) is 3.70. The number of carbonyl (C=O) groups is 1. The summed E-state index contributed by atoms with van der Waals surface area (Å²) in [5.74, 6) is 0.176. The Morgan fingerprint density at radius 3 is 2.62 bits per heavy atom. The standard InChI is InChI=1S/C6H7O2/c1-4-3-5(2)8-6(4)7/h3,5H,1H2,2H3/t5-/m0/s1. The molecule has 0 amide bonds. The van der Waals surface area contributed by atoms with Crippen molar-refractivity contribution in [3.8, 4) is 0 Å². The molecule has 0 unspecified atom stereocenters. The Morgan fingerprint density at radius 2 is 2.50 bits per heavy atom. The van der Waals surface area contributed by atoms with E-state index in [2.05, 4.69) is 11.7 Å². The molecule has 3 radical (unpaired) electrons. The van der Waals surface area contributed by atoms with E-state index in [-0.39, 0.29) is 12.1 Å². The van der Waals surface area contributed by atoms with Crippen LogP contribution < -0.4 is 0 Å². The van der Waals surface area contributed by atoms with Crippen LogP contribution >= 0.6 is 0 Å². The van der Waals surface area contributed by atoms with Gasteiger partial charge in [0, 0.05) is 6.42 Å². The van der Waals surface area contributed by atoms with Gasteiger partial charge >= 0.3 is 5.97 Å². The van der Waals surface area contributed by atoms with Gasteiger partial charge in [-0.15, -0.1) is 0 Å². The Bertz CT molecular complexity index is 109. The predicted octanol–water partition coefficient (Wildman–Crippen LogP) is 0.545. The molecule has 1 saturated heterocycles. The molecule has 1 atom stereocenters. The third-order valence-electron chi connectivity index (χ3n) is 0.991. The molecule has 2 heteroatoms. The highest BCUT2D eigenvalue weighted by molar-refractivity contribution is 5.90. The molecule has 0 aromatic carbocycles. The summed E-state index contributed by atoms with van der Waals surface area (Å²) in [6.07, 6.45) is 1.62. The lowest BCUT2D eigenvalue weighted by molar-refractivity contribution is -0.139. The van der Waals surface area contributed by atoms with Gasteiger partial charge in [-0.1, -0.05) is 0 Å². The highest BCUT2D eigenvalue weighted by atomic mass is 16.5. The Balaban J connectivity index is 2.51. The van der Waals surface area contributed by atoms with Gasteiger partial charge in [-0.25, -0.2) is 0 Å². The van der Waals surface area contributed by atoms with Crippen molar-refractivity contribution in [1.29, 1.82) is 0 Å². The van der Waals surface area contributed by atoms with Crippen molar-refractivity contribution in [3.05, 3.63) is 19.3 Å². The molecule has 0 aliphatic carbocycles. The van der Waals surface area contributed by atoms with E-state index >= 15 is 0 Å². The third-order valence-corrected chi connectivity index (χ3v) is 0.991. The zero-order valence-corrected chi connectivity index (χ0v) is 4.68. The van der Waals surface area contributed by atoms with Crippen LogP contribution in [-0.4, -0.2) is 12.1 Å². The molecule has 1 aliphatic rings. The van der Waals surface area contributed by atoms with Crippen LogP contribution in [0.5, 0.6) is 0 Å². The fourth-order valence-corrected chi connectivity index (χ4v) is 0.630. The van der Waals surface area contributed by atoms with Crippen LogP contribution in [0.15, 0.2) is 0 Å². The zero-order chi connectivity index (χ0) is 6.15. The van der Waals surface area contributed by atoms with Gasteiger partial charge in [-0.3, -0.25) is 4.79 Å². The fraction of sp³-hybridized carbons (Fsp3) is 0.333. The molecule has 1 rings (SSSR count). The molecule has 8 heavy (non-hydrogen) atoms. The van der Waals surface area contributed by atoms with Crippen molar-refractivity contribution in [1.82, 2.24) is 0 Å². The number of carbonyl (C=O) groups excluding carboxylic acids is 1. The Labute approximate surface area is 48.8 Å². The normalized spacial score (nSPS) is 30.8. The lowest BCUT2D eigenvalue weighted by Crippen LogP contribution is -2.01. The molecule has 0 spiro atoms. The highest BCUT2D eigenvalue weighted by Gasteiger charge is 2.28. The predicted molar refractivity (Wildman–Crippen MR) is 28.5 cm³/mol. The van der Waals surface area contributed by atoms with Gasteiger partial charge in [0.05, 0.1) is 5.92 Å². The van der Waals surface area contributed by atoms with Crippen LogP contribution in [0.25, 0.3) is 0 Å². The maximum Gasteiger partial charge on any atom is 0.313 e. The first-order valence-corrected chi connectivity index (χ1v) is 2.45. The molecule has 1 heterocycles. The molecule has 0 N–H and O–H groups in total. The van der Waals surface area contributed by atoms with Gasteiger partial charge < -0.3 is 4.74 Å². The second-order valence-corrected chi connectivity index (χ2v) is 1.80. The second-order valence-electron chi connectivity index (χ2n) is 1.80. The molecular weight excluding hydrogens is 104 g/mol. The summed E-state index contributed by atoms with van der Waals surface area (Å²) < 4.78 is 4.68. The summed E-state index contributed by atoms with van der Waals surface area (Å²) in [4.78, 5) is 10.4. The van der Waals surface area contributed by atoms with Crippen LogP contribution in [0.3, 0.4) is 0 Å². The Hall–Kier alpha value is -0.530. The summed E-state index contributed by atoms with van der Waals surface area (Å²) in [5, 5.41) is 0. The van der Waals surface area contributed by atoms with Crippen LogP contribution in [0.1, 0.15) is 6.92 Å². The average Bonchev–Trinajstić information content (AvgIpc) is 1.85. The molecule has 2 nitrogen and oxygen atoms in total. The van der Waals surface area contributed by atoms with E-state index in [1.807, 2.05) is 0 Å². The highest BCUT2D eigenvalue weighted by Crippen LogP contribution is 2.19. The number of hydrogen-bond donors (Lipinski definition) is 0. The number of ether oxygens (including phenoxy) is 1. The third kappa shape index (κ3) is 0.831. The molecule has 0 aromatic rings. The van der Waals surface area contributed by atoms with Crippen LogP contribution in [0, 0.1) is 19.3 Å². The lowest BCUT2D eigenvalue weighted by Gasteiger charge is -1.95. The van der Waals surface area contributed by atoms with Gasteiger partial charge in [0.1, 0.15) is 6.10 Å². The molecule has 0 saturated carbocycles. The van der Waals surface area contributed by atoms with Crippen LogP contribution in [0.2, 0.25) is 0 Å². The van der Waals surface area contributed by atoms with E-state index in [0.29, 0.717) is 5.92 Å². The van der Waals surface area contributed by atoms with E-state index in [1.165, 1.54) is 0 Å². The van der Waals surface area contributed by atoms with Gasteiger partial charge in [-0.05, 0) is 13.8 Å². The van der Waals surface area contributed by atoms with Crippen molar-refractivity contribution >= 4 is 5.97 Å². The number of hydrogen-bond acceptors (Lipinski definition) is 2. The van der Waals surface area contributed by atoms with Crippen molar-refractivity contribution in [2.75, 3.05) is 0 Å². The molecule has 0 bridgehead atoms. The lowest BCUT2D eigenvalue weighted by atomic mass is 10.1. The quantitative estimate of drug-likeness (QED) is 0.426. The molecule has 1 fully saturated rings. The van der Waals surface area contributed by atoms with Crippen molar-refractivity contribution in [2.45, 2.75) is 13.0 Å². The first-order valence-electron chi connectivity index (χ1n) is 2.45. The van der Waals surface area contributed by atoms with E-state index in [9.17, 15) is 4.79 Å². The maximum atomic E-state index is 10.4. The SMILES string of the molecule is [CH2][C]1[CH][C@H](C)OC1=O.